The minimum atomic E-state index is -4.75. The van der Waals surface area contributed by atoms with E-state index >= 15 is 0 Å². The third-order valence-electron chi connectivity index (χ3n) is 5.65. The van der Waals surface area contributed by atoms with Crippen molar-refractivity contribution in [3.63, 3.8) is 0 Å². The normalized spacial score (nSPS) is 22.5. The van der Waals surface area contributed by atoms with Crippen LogP contribution in [0.5, 0.6) is 0 Å². The number of ether oxygens (including phenoxy) is 1. The van der Waals surface area contributed by atoms with E-state index in [-0.39, 0.29) is 5.91 Å². The van der Waals surface area contributed by atoms with E-state index in [1.807, 2.05) is 0 Å². The minimum Gasteiger partial charge on any atom is -0.387 e. The number of hydrogen-bond acceptors (Lipinski definition) is 10. The second-order valence-corrected chi connectivity index (χ2v) is 9.65. The summed E-state index contributed by atoms with van der Waals surface area (Å²) in [5, 5.41) is 26.7. The smallest absolute Gasteiger partial charge is 0.387 e. The number of hydrogen-bond donors (Lipinski definition) is 6. The molecule has 1 unspecified atom stereocenters. The molecule has 0 spiro atoms. The van der Waals surface area contributed by atoms with Crippen molar-refractivity contribution in [2.24, 2.45) is 0 Å². The van der Waals surface area contributed by atoms with Gasteiger partial charge in [-0.15, -0.1) is 0 Å². The molecule has 1 aliphatic heterocycles. The van der Waals surface area contributed by atoms with Gasteiger partial charge in [-0.25, -0.2) is 19.5 Å². The molecule has 3 rings (SSSR count). The number of carbonyl (C=O) groups excluding carboxylic acids is 1. The van der Waals surface area contributed by atoms with E-state index < -0.39 is 39.0 Å². The molecule has 0 bridgehead atoms. The molecule has 2 aromatic heterocycles. The number of imidazole rings is 1. The molecule has 1 amide bonds. The maximum absolute atomic E-state index is 10.9. The Morgan fingerprint density at radius 1 is 1.09 bits per heavy atom. The molecule has 6 N–H and O–H groups in total. The molecular formula is C20H33N6O8P. The number of aliphatic hydroxyl groups is 2. The predicted octanol–water partition coefficient (Wildman–Crippen LogP) is 0.443. The maximum Gasteiger partial charge on any atom is 0.469 e. The van der Waals surface area contributed by atoms with Crippen LogP contribution in [0, 0.1) is 0 Å². The maximum atomic E-state index is 10.9. The molecule has 196 valence electrons. The summed E-state index contributed by atoms with van der Waals surface area (Å²) in [4.78, 5) is 41.3. The van der Waals surface area contributed by atoms with Crippen molar-refractivity contribution in [3.05, 3.63) is 12.7 Å². The van der Waals surface area contributed by atoms with Crippen molar-refractivity contribution in [1.82, 2.24) is 24.8 Å². The number of nitrogens with one attached hydrogen (secondary N) is 2. The zero-order valence-corrected chi connectivity index (χ0v) is 20.4. The molecule has 1 fully saturated rings. The lowest BCUT2D eigenvalue weighted by molar-refractivity contribution is -0.118. The molecule has 14 nitrogen and oxygen atoms in total. The minimum absolute atomic E-state index is 0.00116. The number of rotatable bonds is 14. The Balaban J connectivity index is 1.49. The lowest BCUT2D eigenvalue weighted by Crippen LogP contribution is -2.33. The highest BCUT2D eigenvalue weighted by Crippen LogP contribution is 2.38. The number of amides is 1. The van der Waals surface area contributed by atoms with Gasteiger partial charge >= 0.3 is 7.82 Å². The van der Waals surface area contributed by atoms with Crippen LogP contribution in [0.25, 0.3) is 11.2 Å². The summed E-state index contributed by atoms with van der Waals surface area (Å²) in [6, 6.07) is 0. The van der Waals surface area contributed by atoms with Gasteiger partial charge in [0.1, 0.15) is 24.6 Å². The van der Waals surface area contributed by atoms with E-state index in [1.165, 1.54) is 24.1 Å². The first-order valence-corrected chi connectivity index (χ1v) is 13.1. The van der Waals surface area contributed by atoms with Crippen LogP contribution < -0.4 is 10.6 Å². The summed E-state index contributed by atoms with van der Waals surface area (Å²) < 4.78 is 22.4. The molecule has 0 aromatic carbocycles. The van der Waals surface area contributed by atoms with Crippen molar-refractivity contribution in [2.45, 2.75) is 70.0 Å². The number of fused-ring (bicyclic) bond motifs is 1. The third kappa shape index (κ3) is 7.90. The highest BCUT2D eigenvalue weighted by Gasteiger charge is 2.45. The Kier molecular flexibility index (Phi) is 9.92. The molecule has 0 saturated carbocycles. The number of anilines is 1. The van der Waals surface area contributed by atoms with Crippen molar-refractivity contribution in [3.8, 4) is 0 Å². The average Bonchev–Trinajstić information content (AvgIpc) is 3.34. The van der Waals surface area contributed by atoms with Crippen LogP contribution in [0.3, 0.4) is 0 Å². The fraction of sp³-hybridized carbons (Fsp3) is 0.700. The Hall–Kier alpha value is -2.19. The van der Waals surface area contributed by atoms with E-state index in [1.54, 1.807) is 0 Å². The molecule has 0 radical (unpaired) electrons. The topological polar surface area (TPSA) is 201 Å². The summed E-state index contributed by atoms with van der Waals surface area (Å²) in [5.74, 6) is 0.528. The first-order chi connectivity index (χ1) is 16.7. The van der Waals surface area contributed by atoms with Crippen LogP contribution in [0.2, 0.25) is 0 Å². The number of phosphoric acid groups is 1. The Labute approximate surface area is 202 Å². The van der Waals surface area contributed by atoms with Gasteiger partial charge < -0.3 is 35.4 Å². The summed E-state index contributed by atoms with van der Waals surface area (Å²) in [6.45, 7) is 2.33. The lowest BCUT2D eigenvalue weighted by Gasteiger charge is -2.16. The molecule has 1 aliphatic rings. The Morgan fingerprint density at radius 2 is 1.77 bits per heavy atom. The van der Waals surface area contributed by atoms with E-state index in [0.29, 0.717) is 23.5 Å². The van der Waals surface area contributed by atoms with Crippen molar-refractivity contribution in [1.29, 1.82) is 0 Å². The number of aliphatic hydroxyl groups excluding tert-OH is 2. The quantitative estimate of drug-likeness (QED) is 0.150. The molecule has 0 aliphatic carbocycles. The van der Waals surface area contributed by atoms with Gasteiger partial charge in [-0.3, -0.25) is 13.9 Å². The summed E-state index contributed by atoms with van der Waals surface area (Å²) in [6.07, 6.45) is 3.97. The third-order valence-corrected chi connectivity index (χ3v) is 6.13. The van der Waals surface area contributed by atoms with Gasteiger partial charge in [0.05, 0.1) is 12.9 Å². The van der Waals surface area contributed by atoms with E-state index in [9.17, 15) is 19.6 Å². The molecule has 35 heavy (non-hydrogen) atoms. The van der Waals surface area contributed by atoms with Gasteiger partial charge in [-0.2, -0.15) is 0 Å². The summed E-state index contributed by atoms with van der Waals surface area (Å²) in [7, 11) is -4.75. The second-order valence-electron chi connectivity index (χ2n) is 8.41. The van der Waals surface area contributed by atoms with E-state index in [2.05, 4.69) is 30.1 Å². The van der Waals surface area contributed by atoms with Gasteiger partial charge in [-0.1, -0.05) is 25.7 Å². The molecule has 15 heteroatoms. The van der Waals surface area contributed by atoms with Crippen LogP contribution >= 0.6 is 7.82 Å². The lowest BCUT2D eigenvalue weighted by atomic mass is 10.1. The van der Waals surface area contributed by atoms with Crippen LogP contribution in [0.15, 0.2) is 12.7 Å². The molecule has 3 heterocycles. The van der Waals surface area contributed by atoms with Gasteiger partial charge in [-0.05, 0) is 12.8 Å². The largest absolute Gasteiger partial charge is 0.469 e. The summed E-state index contributed by atoms with van der Waals surface area (Å²) in [5.41, 5.74) is 0.833. The Bertz CT molecular complexity index is 1020. The number of aromatic nitrogens is 4. The number of carbonyl (C=O) groups is 1. The fourth-order valence-corrected chi connectivity index (χ4v) is 4.20. The zero-order valence-electron chi connectivity index (χ0n) is 19.5. The monoisotopic (exact) mass is 516 g/mol. The second kappa shape index (κ2) is 12.7. The van der Waals surface area contributed by atoms with Gasteiger partial charge in [0, 0.05) is 20.0 Å². The molecule has 1 saturated heterocycles. The average molecular weight is 516 g/mol. The van der Waals surface area contributed by atoms with E-state index in [0.717, 1.165) is 45.1 Å². The SMILES string of the molecule is CC(=O)NCCCCCCCCNc1ncnc2c1ncn2C1O[C@H](COP(=O)(O)O)[C@@H](O)[C@H]1O. The van der Waals surface area contributed by atoms with Crippen LogP contribution in [-0.2, 0) is 18.6 Å². The highest BCUT2D eigenvalue weighted by atomic mass is 31.2. The Morgan fingerprint density at radius 3 is 2.46 bits per heavy atom. The van der Waals surface area contributed by atoms with Crippen LogP contribution in [0.1, 0.15) is 51.7 Å². The standard InChI is InChI=1S/C20H33N6O8P/c1-13(27)21-8-6-4-2-3-5-7-9-22-18-15-19(24-11-23-18)26(12-25-15)20-17(29)16(28)14(34-20)10-33-35(30,31)32/h11-12,14,16-17,20,28-29H,2-10H2,1H3,(H,21,27)(H,22,23,24)(H2,30,31,32)/t14-,16-,17-,20?/m1/s1. The molecule has 4 atom stereocenters. The molecular weight excluding hydrogens is 483 g/mol. The van der Waals surface area contributed by atoms with Crippen molar-refractivity contribution < 1.29 is 38.6 Å². The zero-order chi connectivity index (χ0) is 25.4. The highest BCUT2D eigenvalue weighted by molar-refractivity contribution is 7.46. The van der Waals surface area contributed by atoms with Gasteiger partial charge in [0.25, 0.3) is 0 Å². The first kappa shape index (κ1) is 27.4. The molecule has 2 aromatic rings. The van der Waals surface area contributed by atoms with E-state index in [4.69, 9.17) is 14.5 Å². The number of unbranched alkanes of at least 4 members (excludes halogenated alkanes) is 5. The van der Waals surface area contributed by atoms with Crippen LogP contribution in [-0.4, -0.2) is 83.4 Å². The number of phosphoric ester groups is 1. The van der Waals surface area contributed by atoms with Gasteiger partial charge in [0.15, 0.2) is 23.2 Å². The van der Waals surface area contributed by atoms with Gasteiger partial charge in [0.2, 0.25) is 5.91 Å². The van der Waals surface area contributed by atoms with Crippen molar-refractivity contribution in [2.75, 3.05) is 25.0 Å². The first-order valence-electron chi connectivity index (χ1n) is 11.5. The van der Waals surface area contributed by atoms with Crippen molar-refractivity contribution >= 4 is 30.7 Å². The van der Waals surface area contributed by atoms with Crippen LogP contribution in [0.4, 0.5) is 5.82 Å². The summed E-state index contributed by atoms with van der Waals surface area (Å²) >= 11 is 0. The predicted molar refractivity (Wildman–Crippen MR) is 124 cm³/mol. The number of nitrogens with zero attached hydrogens (tertiary/aromatic N) is 4. The fourth-order valence-electron chi connectivity index (χ4n) is 3.86.